The number of fused-ring (bicyclic) bond motifs is 3. The van der Waals surface area contributed by atoms with E-state index in [9.17, 15) is 4.79 Å². The van der Waals surface area contributed by atoms with Crippen LogP contribution in [0.5, 0.6) is 11.5 Å². The van der Waals surface area contributed by atoms with Crippen LogP contribution in [-0.2, 0) is 9.47 Å². The Bertz CT molecular complexity index is 1100. The molecular formula is C24H32O6Si. The van der Waals surface area contributed by atoms with E-state index >= 15 is 0 Å². The Kier molecular flexibility index (Phi) is 7.09. The van der Waals surface area contributed by atoms with E-state index in [4.69, 9.17) is 23.1 Å². The van der Waals surface area contributed by atoms with Gasteiger partial charge in [-0.25, -0.2) is 4.79 Å². The molecule has 31 heavy (non-hydrogen) atoms. The summed E-state index contributed by atoms with van der Waals surface area (Å²) < 4.78 is 28.0. The van der Waals surface area contributed by atoms with Crippen LogP contribution >= 0.6 is 0 Å². The van der Waals surface area contributed by atoms with E-state index in [2.05, 4.69) is 33.9 Å². The largest absolute Gasteiger partial charge is 0.543 e. The predicted molar refractivity (Wildman–Crippen MR) is 126 cm³/mol. The second kappa shape index (κ2) is 9.42. The molecule has 2 aromatic carbocycles. The van der Waals surface area contributed by atoms with Gasteiger partial charge in [0.05, 0.1) is 25.2 Å². The highest BCUT2D eigenvalue weighted by molar-refractivity contribution is 6.74. The zero-order valence-corrected chi connectivity index (χ0v) is 20.2. The summed E-state index contributed by atoms with van der Waals surface area (Å²) in [5.41, 5.74) is 0.127. The van der Waals surface area contributed by atoms with Crippen molar-refractivity contribution < 1.29 is 23.1 Å². The lowest BCUT2D eigenvalue weighted by molar-refractivity contribution is 0.0544. The smallest absolute Gasteiger partial charge is 0.344 e. The molecule has 0 aliphatic rings. The van der Waals surface area contributed by atoms with Gasteiger partial charge in [-0.3, -0.25) is 0 Å². The minimum Gasteiger partial charge on any atom is -0.543 e. The number of benzene rings is 2. The highest BCUT2D eigenvalue weighted by Crippen LogP contribution is 2.38. The van der Waals surface area contributed by atoms with E-state index in [1.165, 1.54) is 0 Å². The number of ether oxygens (including phenoxy) is 3. The molecule has 168 valence electrons. The maximum absolute atomic E-state index is 12.7. The van der Waals surface area contributed by atoms with Crippen molar-refractivity contribution in [1.82, 2.24) is 0 Å². The summed E-state index contributed by atoms with van der Waals surface area (Å²) in [4.78, 5) is 12.7. The molecule has 0 spiro atoms. The molecule has 0 amide bonds. The van der Waals surface area contributed by atoms with E-state index in [0.29, 0.717) is 43.1 Å². The first-order chi connectivity index (χ1) is 14.6. The summed E-state index contributed by atoms with van der Waals surface area (Å²) in [7, 11) is -0.354. The Morgan fingerprint density at radius 2 is 1.55 bits per heavy atom. The molecule has 0 saturated carbocycles. The van der Waals surface area contributed by atoms with Crippen molar-refractivity contribution in [2.24, 2.45) is 0 Å². The number of methoxy groups -OCH3 is 1. The van der Waals surface area contributed by atoms with E-state index in [-0.39, 0.29) is 5.04 Å². The lowest BCUT2D eigenvalue weighted by Gasteiger charge is -2.36. The average Bonchev–Trinajstić information content (AvgIpc) is 2.69. The molecule has 0 radical (unpaired) electrons. The molecule has 3 aromatic rings. The van der Waals surface area contributed by atoms with Crippen LogP contribution in [0, 0.1) is 0 Å². The van der Waals surface area contributed by atoms with Crippen molar-refractivity contribution in [3.05, 3.63) is 46.8 Å². The fourth-order valence-corrected chi connectivity index (χ4v) is 3.98. The summed E-state index contributed by atoms with van der Waals surface area (Å²) >= 11 is 0. The molecule has 0 bridgehead atoms. The summed E-state index contributed by atoms with van der Waals surface area (Å²) in [6.45, 7) is 12.9. The topological polar surface area (TPSA) is 67.1 Å². The van der Waals surface area contributed by atoms with Crippen LogP contribution in [0.1, 0.15) is 20.8 Å². The molecule has 0 saturated heterocycles. The first-order valence-corrected chi connectivity index (χ1v) is 13.4. The molecule has 6 nitrogen and oxygen atoms in total. The second-order valence-electron chi connectivity index (χ2n) is 9.07. The predicted octanol–water partition coefficient (Wildman–Crippen LogP) is 5.37. The lowest BCUT2D eigenvalue weighted by Crippen LogP contribution is -2.43. The normalized spacial score (nSPS) is 12.5. The van der Waals surface area contributed by atoms with Gasteiger partial charge in [-0.15, -0.1) is 0 Å². The Morgan fingerprint density at radius 1 is 0.871 bits per heavy atom. The van der Waals surface area contributed by atoms with Crippen LogP contribution in [0.25, 0.3) is 21.7 Å². The molecule has 0 N–H and O–H groups in total. The third-order valence-corrected chi connectivity index (χ3v) is 10.1. The molecule has 0 fully saturated rings. The van der Waals surface area contributed by atoms with Gasteiger partial charge in [0, 0.05) is 23.9 Å². The van der Waals surface area contributed by atoms with Crippen LogP contribution in [0.15, 0.2) is 45.6 Å². The van der Waals surface area contributed by atoms with Crippen LogP contribution in [-0.4, -0.2) is 41.9 Å². The molecule has 0 atom stereocenters. The Balaban J connectivity index is 1.83. The van der Waals surface area contributed by atoms with E-state index in [1.807, 2.05) is 30.3 Å². The van der Waals surface area contributed by atoms with Crippen LogP contribution in [0.3, 0.4) is 0 Å². The van der Waals surface area contributed by atoms with Gasteiger partial charge < -0.3 is 23.1 Å². The zero-order chi connectivity index (χ0) is 22.6. The van der Waals surface area contributed by atoms with Crippen LogP contribution in [0.4, 0.5) is 0 Å². The highest BCUT2D eigenvalue weighted by Gasteiger charge is 2.39. The van der Waals surface area contributed by atoms with Gasteiger partial charge in [-0.05, 0) is 48.5 Å². The van der Waals surface area contributed by atoms with Gasteiger partial charge in [0.2, 0.25) is 8.32 Å². The van der Waals surface area contributed by atoms with Gasteiger partial charge in [0.15, 0.2) is 0 Å². The summed E-state index contributed by atoms with van der Waals surface area (Å²) in [6, 6.07) is 11.2. The minimum absolute atomic E-state index is 0.0808. The zero-order valence-electron chi connectivity index (χ0n) is 19.2. The molecule has 0 aliphatic heterocycles. The van der Waals surface area contributed by atoms with E-state index in [1.54, 1.807) is 13.2 Å². The van der Waals surface area contributed by atoms with Gasteiger partial charge in [-0.2, -0.15) is 0 Å². The average molecular weight is 445 g/mol. The van der Waals surface area contributed by atoms with Gasteiger partial charge in [-0.1, -0.05) is 20.8 Å². The molecular weight excluding hydrogens is 412 g/mol. The van der Waals surface area contributed by atoms with Crippen LogP contribution < -0.4 is 14.8 Å². The first-order valence-electron chi connectivity index (χ1n) is 10.5. The summed E-state index contributed by atoms with van der Waals surface area (Å²) in [6.07, 6.45) is 0. The maximum atomic E-state index is 12.7. The Morgan fingerprint density at radius 3 is 2.26 bits per heavy atom. The molecule has 1 aromatic heterocycles. The second-order valence-corrected chi connectivity index (χ2v) is 13.8. The van der Waals surface area contributed by atoms with Crippen molar-refractivity contribution in [2.45, 2.75) is 38.9 Å². The van der Waals surface area contributed by atoms with Gasteiger partial charge >= 0.3 is 5.63 Å². The SMILES string of the molecule is COCCOCCOc1ccc2c(c1)c(=O)oc1cc(O[Si](C)(C)C(C)(C)C)ccc12. The Labute approximate surface area is 184 Å². The van der Waals surface area contributed by atoms with Crippen molar-refractivity contribution >= 4 is 30.1 Å². The van der Waals surface area contributed by atoms with E-state index < -0.39 is 13.9 Å². The molecule has 1 heterocycles. The Hall–Kier alpha value is -2.35. The molecule has 7 heteroatoms. The van der Waals surface area contributed by atoms with Gasteiger partial charge in [0.25, 0.3) is 0 Å². The highest BCUT2D eigenvalue weighted by atomic mass is 28.4. The summed E-state index contributed by atoms with van der Waals surface area (Å²) in [5, 5.41) is 2.26. The lowest BCUT2D eigenvalue weighted by atomic mass is 10.1. The third kappa shape index (κ3) is 5.47. The van der Waals surface area contributed by atoms with E-state index in [0.717, 1.165) is 16.5 Å². The monoisotopic (exact) mass is 444 g/mol. The standard InChI is InChI=1S/C24H32O6Si/c1-24(2,3)31(5,6)30-18-8-10-20-19-9-7-17(28-14-13-27-12-11-26-4)15-21(19)23(25)29-22(20)16-18/h7-10,15-16H,11-14H2,1-6H3. The molecule has 3 rings (SSSR count). The number of hydrogen-bond donors (Lipinski definition) is 0. The van der Waals surface area contributed by atoms with Crippen molar-refractivity contribution in [2.75, 3.05) is 33.5 Å². The third-order valence-electron chi connectivity index (χ3n) is 5.76. The quantitative estimate of drug-likeness (QED) is 0.191. The first kappa shape index (κ1) is 23.3. The number of hydrogen-bond acceptors (Lipinski definition) is 6. The molecule has 0 aliphatic carbocycles. The van der Waals surface area contributed by atoms with Crippen molar-refractivity contribution in [3.63, 3.8) is 0 Å². The maximum Gasteiger partial charge on any atom is 0.344 e. The molecule has 0 unspecified atom stereocenters. The van der Waals surface area contributed by atoms with Crippen molar-refractivity contribution in [1.29, 1.82) is 0 Å². The summed E-state index contributed by atoms with van der Waals surface area (Å²) in [5.74, 6) is 1.34. The van der Waals surface area contributed by atoms with Gasteiger partial charge in [0.1, 0.15) is 23.7 Å². The fraction of sp³-hybridized carbons (Fsp3) is 0.458. The van der Waals surface area contributed by atoms with Crippen LogP contribution in [0.2, 0.25) is 18.1 Å². The minimum atomic E-state index is -1.99. The fourth-order valence-electron chi connectivity index (χ4n) is 2.96. The van der Waals surface area contributed by atoms with Crippen molar-refractivity contribution in [3.8, 4) is 11.5 Å². The number of rotatable bonds is 9.